The zero-order chi connectivity index (χ0) is 13.9. The van der Waals surface area contributed by atoms with Crippen molar-refractivity contribution in [3.63, 3.8) is 0 Å². The van der Waals surface area contributed by atoms with E-state index in [1.807, 2.05) is 6.20 Å². The SMILES string of the molecule is CCN(c1ncncc1I)c1cccc2ccccc12. The van der Waals surface area contributed by atoms with E-state index in [9.17, 15) is 0 Å². The summed E-state index contributed by atoms with van der Waals surface area (Å²) in [6.45, 7) is 3.00. The molecule has 1 aromatic heterocycles. The quantitative estimate of drug-likeness (QED) is 0.636. The number of benzene rings is 2. The van der Waals surface area contributed by atoms with Crippen LogP contribution in [0.25, 0.3) is 10.8 Å². The van der Waals surface area contributed by atoms with Crippen molar-refractivity contribution in [1.29, 1.82) is 0 Å². The maximum Gasteiger partial charge on any atom is 0.149 e. The smallest absolute Gasteiger partial charge is 0.149 e. The van der Waals surface area contributed by atoms with E-state index >= 15 is 0 Å². The molecule has 0 bridgehead atoms. The van der Waals surface area contributed by atoms with Crippen molar-refractivity contribution < 1.29 is 0 Å². The lowest BCUT2D eigenvalue weighted by molar-refractivity contribution is 0.972. The summed E-state index contributed by atoms with van der Waals surface area (Å²) in [6, 6.07) is 14.8. The monoisotopic (exact) mass is 375 g/mol. The lowest BCUT2D eigenvalue weighted by Crippen LogP contribution is -2.19. The lowest BCUT2D eigenvalue weighted by Gasteiger charge is -2.24. The van der Waals surface area contributed by atoms with Crippen molar-refractivity contribution in [2.45, 2.75) is 6.92 Å². The number of hydrogen-bond donors (Lipinski definition) is 0. The summed E-state index contributed by atoms with van der Waals surface area (Å²) in [4.78, 5) is 10.7. The number of aromatic nitrogens is 2. The van der Waals surface area contributed by atoms with Crippen LogP contribution in [0.5, 0.6) is 0 Å². The number of rotatable bonds is 3. The molecule has 4 heteroatoms. The predicted molar refractivity (Wildman–Crippen MR) is 91.4 cm³/mol. The molecule has 3 aromatic rings. The highest BCUT2D eigenvalue weighted by molar-refractivity contribution is 14.1. The molecule has 0 aliphatic rings. The number of fused-ring (bicyclic) bond motifs is 1. The Bertz CT molecular complexity index is 737. The summed E-state index contributed by atoms with van der Waals surface area (Å²) in [6.07, 6.45) is 3.45. The Kier molecular flexibility index (Phi) is 3.82. The van der Waals surface area contributed by atoms with Gasteiger partial charge in [-0.05, 0) is 41.0 Å². The molecule has 0 amide bonds. The van der Waals surface area contributed by atoms with Crippen LogP contribution in [-0.4, -0.2) is 16.5 Å². The lowest BCUT2D eigenvalue weighted by atomic mass is 10.1. The first-order valence-electron chi connectivity index (χ1n) is 6.52. The van der Waals surface area contributed by atoms with Gasteiger partial charge in [0.1, 0.15) is 12.1 Å². The molecule has 100 valence electrons. The maximum absolute atomic E-state index is 4.44. The van der Waals surface area contributed by atoms with Crippen molar-refractivity contribution in [1.82, 2.24) is 9.97 Å². The Morgan fingerprint density at radius 3 is 2.70 bits per heavy atom. The van der Waals surface area contributed by atoms with E-state index in [4.69, 9.17) is 0 Å². The fraction of sp³-hybridized carbons (Fsp3) is 0.125. The van der Waals surface area contributed by atoms with Crippen molar-refractivity contribution >= 4 is 44.9 Å². The van der Waals surface area contributed by atoms with Crippen molar-refractivity contribution in [3.05, 3.63) is 58.6 Å². The molecule has 0 aliphatic carbocycles. The third kappa shape index (κ3) is 2.35. The van der Waals surface area contributed by atoms with E-state index in [0.717, 1.165) is 15.9 Å². The Labute approximate surface area is 131 Å². The molecule has 0 unspecified atom stereocenters. The largest absolute Gasteiger partial charge is 0.325 e. The summed E-state index contributed by atoms with van der Waals surface area (Å²) < 4.78 is 1.06. The highest BCUT2D eigenvalue weighted by Crippen LogP contribution is 2.32. The number of hydrogen-bond acceptors (Lipinski definition) is 3. The third-order valence-corrected chi connectivity index (χ3v) is 4.04. The standard InChI is InChI=1S/C16H14IN3/c1-2-20(16-14(17)10-18-11-19-16)15-9-5-7-12-6-3-4-8-13(12)15/h3-11H,2H2,1H3. The Morgan fingerprint density at radius 2 is 1.90 bits per heavy atom. The average molecular weight is 375 g/mol. The van der Waals surface area contributed by atoms with Gasteiger partial charge in [-0.2, -0.15) is 0 Å². The Morgan fingerprint density at radius 1 is 1.10 bits per heavy atom. The first-order valence-corrected chi connectivity index (χ1v) is 7.60. The van der Waals surface area contributed by atoms with Gasteiger partial charge in [-0.3, -0.25) is 0 Å². The van der Waals surface area contributed by atoms with Gasteiger partial charge in [-0.1, -0.05) is 36.4 Å². The molecule has 0 spiro atoms. The van der Waals surface area contributed by atoms with Gasteiger partial charge < -0.3 is 4.90 Å². The number of halogens is 1. The van der Waals surface area contributed by atoms with Gasteiger partial charge in [-0.25, -0.2) is 9.97 Å². The number of anilines is 2. The molecule has 0 fully saturated rings. The van der Waals surface area contributed by atoms with Crippen LogP contribution in [0.1, 0.15) is 6.92 Å². The normalized spacial score (nSPS) is 10.7. The second-order valence-corrected chi connectivity index (χ2v) is 5.60. The Hall–Kier alpha value is -1.69. The summed E-state index contributed by atoms with van der Waals surface area (Å²) >= 11 is 2.28. The van der Waals surface area contributed by atoms with Gasteiger partial charge in [0.15, 0.2) is 0 Å². The van der Waals surface area contributed by atoms with E-state index in [1.165, 1.54) is 16.5 Å². The van der Waals surface area contributed by atoms with Crippen LogP contribution < -0.4 is 4.90 Å². The summed E-state index contributed by atoms with van der Waals surface area (Å²) in [5.41, 5.74) is 1.18. The van der Waals surface area contributed by atoms with Crippen LogP contribution in [-0.2, 0) is 0 Å². The van der Waals surface area contributed by atoms with Gasteiger partial charge >= 0.3 is 0 Å². The molecule has 0 aliphatic heterocycles. The first-order chi connectivity index (χ1) is 9.81. The van der Waals surface area contributed by atoms with E-state index < -0.39 is 0 Å². The molecular weight excluding hydrogens is 361 g/mol. The second kappa shape index (κ2) is 5.75. The Balaban J connectivity index is 2.20. The van der Waals surface area contributed by atoms with Crippen LogP contribution >= 0.6 is 22.6 Å². The van der Waals surface area contributed by atoms with Crippen LogP contribution in [0.3, 0.4) is 0 Å². The molecule has 20 heavy (non-hydrogen) atoms. The highest BCUT2D eigenvalue weighted by Gasteiger charge is 2.14. The third-order valence-electron chi connectivity index (χ3n) is 3.28. The molecule has 0 saturated carbocycles. The van der Waals surface area contributed by atoms with Crippen molar-refractivity contribution in [2.75, 3.05) is 11.4 Å². The molecule has 0 saturated heterocycles. The summed E-state index contributed by atoms with van der Waals surface area (Å²) in [5, 5.41) is 2.48. The molecular formula is C16H14IN3. The van der Waals surface area contributed by atoms with Gasteiger partial charge in [0, 0.05) is 18.1 Å². The predicted octanol–water partition coefficient (Wildman–Crippen LogP) is 4.39. The molecule has 3 nitrogen and oxygen atoms in total. The minimum Gasteiger partial charge on any atom is -0.325 e. The van der Waals surface area contributed by atoms with Gasteiger partial charge in [0.25, 0.3) is 0 Å². The van der Waals surface area contributed by atoms with E-state index in [0.29, 0.717) is 0 Å². The molecule has 0 radical (unpaired) electrons. The average Bonchev–Trinajstić information content (AvgIpc) is 2.50. The van der Waals surface area contributed by atoms with E-state index in [2.05, 4.69) is 86.8 Å². The highest BCUT2D eigenvalue weighted by atomic mass is 127. The van der Waals surface area contributed by atoms with E-state index in [-0.39, 0.29) is 0 Å². The molecule has 1 heterocycles. The van der Waals surface area contributed by atoms with Gasteiger partial charge in [0.05, 0.1) is 9.26 Å². The molecule has 2 aromatic carbocycles. The van der Waals surface area contributed by atoms with E-state index in [1.54, 1.807) is 6.33 Å². The first kappa shape index (κ1) is 13.3. The zero-order valence-corrected chi connectivity index (χ0v) is 13.3. The zero-order valence-electron chi connectivity index (χ0n) is 11.1. The minimum absolute atomic E-state index is 0.862. The minimum atomic E-state index is 0.862. The molecule has 0 N–H and O–H groups in total. The summed E-state index contributed by atoms with van der Waals surface area (Å²) in [5.74, 6) is 0.958. The molecule has 3 rings (SSSR count). The number of nitrogens with zero attached hydrogens (tertiary/aromatic N) is 3. The van der Waals surface area contributed by atoms with Crippen LogP contribution in [0.15, 0.2) is 55.0 Å². The van der Waals surface area contributed by atoms with Crippen molar-refractivity contribution in [3.8, 4) is 0 Å². The molecule has 0 atom stereocenters. The topological polar surface area (TPSA) is 29.0 Å². The van der Waals surface area contributed by atoms with Crippen LogP contribution in [0, 0.1) is 3.57 Å². The van der Waals surface area contributed by atoms with Crippen LogP contribution in [0.4, 0.5) is 11.5 Å². The second-order valence-electron chi connectivity index (χ2n) is 4.44. The fourth-order valence-electron chi connectivity index (χ4n) is 2.38. The van der Waals surface area contributed by atoms with Crippen LogP contribution in [0.2, 0.25) is 0 Å². The maximum atomic E-state index is 4.44. The summed E-state index contributed by atoms with van der Waals surface area (Å²) in [7, 11) is 0. The fourth-order valence-corrected chi connectivity index (χ4v) is 2.97. The van der Waals surface area contributed by atoms with Gasteiger partial charge in [0.2, 0.25) is 0 Å². The van der Waals surface area contributed by atoms with Gasteiger partial charge in [-0.15, -0.1) is 0 Å². The van der Waals surface area contributed by atoms with Crippen molar-refractivity contribution in [2.24, 2.45) is 0 Å².